The van der Waals surface area contributed by atoms with E-state index in [1.165, 1.54) is 24.6 Å². The van der Waals surface area contributed by atoms with E-state index in [0.29, 0.717) is 28.9 Å². The van der Waals surface area contributed by atoms with Crippen molar-refractivity contribution in [1.29, 1.82) is 0 Å². The number of nitrogens with zero attached hydrogens (tertiary/aromatic N) is 6. The minimum atomic E-state index is -0.263. The second-order valence-electron chi connectivity index (χ2n) is 8.43. The summed E-state index contributed by atoms with van der Waals surface area (Å²) in [6.07, 6.45) is 11.7. The van der Waals surface area contributed by atoms with Gasteiger partial charge in [-0.15, -0.1) is 5.10 Å². The van der Waals surface area contributed by atoms with Gasteiger partial charge in [0.25, 0.3) is 5.91 Å². The second kappa shape index (κ2) is 8.42. The number of amides is 1. The first kappa shape index (κ1) is 20.6. The number of fused-ring (bicyclic) bond motifs is 2. The Balaban J connectivity index is 1.11. The zero-order valence-corrected chi connectivity index (χ0v) is 18.9. The van der Waals surface area contributed by atoms with Gasteiger partial charge in [-0.25, -0.2) is 9.97 Å². The van der Waals surface area contributed by atoms with Crippen molar-refractivity contribution in [2.24, 2.45) is 0 Å². The van der Waals surface area contributed by atoms with Crippen LogP contribution in [0.3, 0.4) is 0 Å². The van der Waals surface area contributed by atoms with Crippen molar-refractivity contribution < 1.29 is 4.79 Å². The van der Waals surface area contributed by atoms with Gasteiger partial charge in [0, 0.05) is 23.6 Å². The third kappa shape index (κ3) is 4.17. The molecule has 2 N–H and O–H groups in total. The third-order valence-electron chi connectivity index (χ3n) is 5.94. The van der Waals surface area contributed by atoms with Gasteiger partial charge in [-0.2, -0.15) is 5.10 Å². The van der Waals surface area contributed by atoms with Crippen molar-refractivity contribution >= 4 is 34.5 Å². The molecule has 1 aliphatic carbocycles. The van der Waals surface area contributed by atoms with Crippen LogP contribution in [0.5, 0.6) is 0 Å². The molecule has 0 aromatic carbocycles. The Morgan fingerprint density at radius 2 is 2.03 bits per heavy atom. The molecule has 5 aromatic heterocycles. The minimum absolute atomic E-state index is 0.263. The highest BCUT2D eigenvalue weighted by atomic mass is 35.5. The smallest absolute Gasteiger partial charge is 0.253 e. The monoisotopic (exact) mass is 472 g/mol. The minimum Gasteiger partial charge on any atom is -0.363 e. The van der Waals surface area contributed by atoms with Gasteiger partial charge >= 0.3 is 0 Å². The number of nitrogens with one attached hydrogen (secondary N) is 2. The van der Waals surface area contributed by atoms with Gasteiger partial charge in [0.15, 0.2) is 0 Å². The van der Waals surface area contributed by atoms with Crippen LogP contribution in [-0.4, -0.2) is 34.9 Å². The van der Waals surface area contributed by atoms with Crippen LogP contribution in [0.1, 0.15) is 46.1 Å². The molecule has 1 aliphatic rings. The topological polar surface area (TPSA) is 102 Å². The fourth-order valence-corrected chi connectivity index (χ4v) is 4.14. The maximum atomic E-state index is 12.7. The summed E-state index contributed by atoms with van der Waals surface area (Å²) in [5.74, 6) is 0.937. The summed E-state index contributed by atoms with van der Waals surface area (Å²) in [7, 11) is 0. The Bertz CT molecular complexity index is 1520. The molecule has 1 saturated carbocycles. The molecule has 1 fully saturated rings. The highest BCUT2D eigenvalue weighted by molar-refractivity contribution is 6.30. The predicted octanol–water partition coefficient (Wildman–Crippen LogP) is 3.84. The van der Waals surface area contributed by atoms with Crippen LogP contribution in [0.15, 0.2) is 61.4 Å². The number of rotatable bonds is 7. The van der Waals surface area contributed by atoms with E-state index < -0.39 is 0 Å². The number of aromatic nitrogens is 6. The lowest BCUT2D eigenvalue weighted by molar-refractivity contribution is 0.0950. The predicted molar refractivity (Wildman–Crippen MR) is 128 cm³/mol. The SMILES string of the molecule is O=C(NCc1ncn2ccc(Cl)cc12)c1cnnc(NCc2cn3cc(C4CC4)ccc3n2)c1. The molecule has 6 rings (SSSR count). The highest BCUT2D eigenvalue weighted by Gasteiger charge is 2.23. The molecule has 1 amide bonds. The molecule has 10 heteroatoms. The third-order valence-corrected chi connectivity index (χ3v) is 6.17. The molecule has 5 aromatic rings. The Hall–Kier alpha value is -3.98. The standard InChI is InChI=1S/C24H21ClN8O/c25-18-5-6-32-14-28-20(21(32)8-18)11-27-24(34)17-7-22(31-29-9-17)26-10-19-13-33-12-16(15-1-2-15)3-4-23(33)30-19/h3-9,12-15H,1-2,10-11H2,(H,26,31)(H,27,34). The van der Waals surface area contributed by atoms with E-state index in [0.717, 1.165) is 22.6 Å². The molecule has 0 atom stereocenters. The molecular weight excluding hydrogens is 452 g/mol. The number of carbonyl (C=O) groups is 1. The maximum absolute atomic E-state index is 12.7. The van der Waals surface area contributed by atoms with E-state index in [1.807, 2.05) is 22.9 Å². The number of carbonyl (C=O) groups excluding carboxylic acids is 1. The fraction of sp³-hybridized carbons (Fsp3) is 0.208. The number of hydrogen-bond donors (Lipinski definition) is 2. The van der Waals surface area contributed by atoms with Crippen LogP contribution in [0.4, 0.5) is 5.82 Å². The molecule has 170 valence electrons. The lowest BCUT2D eigenvalue weighted by Gasteiger charge is -2.06. The van der Waals surface area contributed by atoms with Gasteiger partial charge in [0.05, 0.1) is 48.1 Å². The number of anilines is 1. The van der Waals surface area contributed by atoms with Crippen LogP contribution in [0, 0.1) is 0 Å². The normalized spacial score (nSPS) is 13.4. The summed E-state index contributed by atoms with van der Waals surface area (Å²) < 4.78 is 3.92. The number of hydrogen-bond acceptors (Lipinski definition) is 6. The Morgan fingerprint density at radius 1 is 1.12 bits per heavy atom. The molecule has 9 nitrogen and oxygen atoms in total. The van der Waals surface area contributed by atoms with Gasteiger partial charge in [-0.05, 0) is 48.6 Å². The first-order valence-electron chi connectivity index (χ1n) is 11.1. The van der Waals surface area contributed by atoms with Crippen LogP contribution in [0.2, 0.25) is 5.02 Å². The van der Waals surface area contributed by atoms with Gasteiger partial charge < -0.3 is 19.4 Å². The molecule has 0 radical (unpaired) electrons. The van der Waals surface area contributed by atoms with Crippen molar-refractivity contribution in [2.45, 2.75) is 31.8 Å². The van der Waals surface area contributed by atoms with E-state index in [-0.39, 0.29) is 12.5 Å². The molecule has 34 heavy (non-hydrogen) atoms. The molecule has 0 saturated heterocycles. The molecule has 0 aliphatic heterocycles. The average Bonchev–Trinajstić information content (AvgIpc) is 3.51. The number of halogens is 1. The van der Waals surface area contributed by atoms with E-state index >= 15 is 0 Å². The van der Waals surface area contributed by atoms with Crippen LogP contribution in [-0.2, 0) is 13.1 Å². The van der Waals surface area contributed by atoms with Gasteiger partial charge in [0.2, 0.25) is 0 Å². The van der Waals surface area contributed by atoms with Crippen molar-refractivity contribution in [3.8, 4) is 0 Å². The average molecular weight is 473 g/mol. The van der Waals surface area contributed by atoms with Crippen molar-refractivity contribution in [1.82, 2.24) is 34.3 Å². The van der Waals surface area contributed by atoms with E-state index in [4.69, 9.17) is 11.6 Å². The van der Waals surface area contributed by atoms with Gasteiger partial charge in [-0.3, -0.25) is 4.79 Å². The first-order valence-corrected chi connectivity index (χ1v) is 11.4. The lowest BCUT2D eigenvalue weighted by atomic mass is 10.2. The van der Waals surface area contributed by atoms with Crippen LogP contribution >= 0.6 is 11.6 Å². The first-order chi connectivity index (χ1) is 16.6. The van der Waals surface area contributed by atoms with E-state index in [2.05, 4.69) is 53.5 Å². The van der Waals surface area contributed by atoms with E-state index in [1.54, 1.807) is 18.5 Å². The summed E-state index contributed by atoms with van der Waals surface area (Å²) in [5, 5.41) is 14.8. The molecule has 0 spiro atoms. The van der Waals surface area contributed by atoms with E-state index in [9.17, 15) is 4.79 Å². The largest absolute Gasteiger partial charge is 0.363 e. The van der Waals surface area contributed by atoms with Crippen LogP contribution in [0.25, 0.3) is 11.2 Å². The summed E-state index contributed by atoms with van der Waals surface area (Å²) in [4.78, 5) is 21.7. The van der Waals surface area contributed by atoms with Crippen LogP contribution < -0.4 is 10.6 Å². The zero-order valence-electron chi connectivity index (χ0n) is 18.1. The quantitative estimate of drug-likeness (QED) is 0.373. The Kier molecular flexibility index (Phi) is 5.10. The Morgan fingerprint density at radius 3 is 2.91 bits per heavy atom. The van der Waals surface area contributed by atoms with Crippen molar-refractivity contribution in [2.75, 3.05) is 5.32 Å². The zero-order chi connectivity index (χ0) is 23.1. The molecule has 0 bridgehead atoms. The fourth-order valence-electron chi connectivity index (χ4n) is 3.98. The summed E-state index contributed by atoms with van der Waals surface area (Å²) in [5.41, 5.74) is 5.14. The maximum Gasteiger partial charge on any atom is 0.253 e. The van der Waals surface area contributed by atoms with Gasteiger partial charge in [0.1, 0.15) is 11.5 Å². The summed E-state index contributed by atoms with van der Waals surface area (Å²) in [6, 6.07) is 9.49. The second-order valence-corrected chi connectivity index (χ2v) is 8.87. The van der Waals surface area contributed by atoms with Crippen molar-refractivity contribution in [3.05, 3.63) is 89.0 Å². The molecular formula is C24H21ClN8O. The molecule has 5 heterocycles. The Labute approximate surface area is 199 Å². The lowest BCUT2D eigenvalue weighted by Crippen LogP contribution is -2.23. The number of imidazole rings is 2. The van der Waals surface area contributed by atoms with Gasteiger partial charge in [-0.1, -0.05) is 17.7 Å². The highest BCUT2D eigenvalue weighted by Crippen LogP contribution is 2.39. The summed E-state index contributed by atoms with van der Waals surface area (Å²) >= 11 is 6.09. The number of pyridine rings is 2. The summed E-state index contributed by atoms with van der Waals surface area (Å²) in [6.45, 7) is 0.743. The molecule has 0 unspecified atom stereocenters. The van der Waals surface area contributed by atoms with Crippen molar-refractivity contribution in [3.63, 3.8) is 0 Å².